The van der Waals surface area contributed by atoms with Crippen molar-refractivity contribution in [1.82, 2.24) is 9.78 Å². The van der Waals surface area contributed by atoms with E-state index in [1.54, 1.807) is 10.7 Å². The van der Waals surface area contributed by atoms with E-state index in [0.29, 0.717) is 17.0 Å². The Kier molecular flexibility index (Phi) is 3.39. The van der Waals surface area contributed by atoms with E-state index in [9.17, 15) is 10.1 Å². The summed E-state index contributed by atoms with van der Waals surface area (Å²) in [5.41, 5.74) is 4.99. The zero-order chi connectivity index (χ0) is 17.6. The highest BCUT2D eigenvalue weighted by Crippen LogP contribution is 2.38. The zero-order valence-corrected chi connectivity index (χ0v) is 13.6. The molecular weight excluding hydrogens is 318 g/mol. The number of aryl methyl sites for hydroxylation is 1. The minimum atomic E-state index is -0.415. The first kappa shape index (κ1) is 15.1. The second kappa shape index (κ2) is 5.59. The van der Waals surface area contributed by atoms with Gasteiger partial charge in [-0.25, -0.2) is 4.68 Å². The van der Waals surface area contributed by atoms with Crippen molar-refractivity contribution in [2.24, 2.45) is 0 Å². The van der Waals surface area contributed by atoms with Crippen LogP contribution in [-0.4, -0.2) is 21.3 Å². The molecule has 2 aromatic carbocycles. The second-order valence-electron chi connectivity index (χ2n) is 5.99. The number of nitro benzene ring substituents is 1. The lowest BCUT2D eigenvalue weighted by Crippen LogP contribution is -2.05. The molecule has 0 atom stereocenters. The lowest BCUT2D eigenvalue weighted by molar-refractivity contribution is -0.384. The maximum atomic E-state index is 11.1. The second-order valence-corrected chi connectivity index (χ2v) is 5.99. The Hall–Kier alpha value is -3.41. The zero-order valence-electron chi connectivity index (χ0n) is 13.6. The fraction of sp³-hybridized carbons (Fsp3) is 0.105. The molecule has 4 rings (SSSR count). The summed E-state index contributed by atoms with van der Waals surface area (Å²) in [4.78, 5) is 10.7. The van der Waals surface area contributed by atoms with Gasteiger partial charge in [-0.2, -0.15) is 5.10 Å². The van der Waals surface area contributed by atoms with Gasteiger partial charge in [0.2, 0.25) is 0 Å². The van der Waals surface area contributed by atoms with Crippen molar-refractivity contribution in [3.63, 3.8) is 0 Å². The minimum absolute atomic E-state index is 0.0134. The maximum Gasteiger partial charge on any atom is 0.270 e. The van der Waals surface area contributed by atoms with E-state index in [1.165, 1.54) is 17.7 Å². The van der Waals surface area contributed by atoms with Crippen molar-refractivity contribution >= 4 is 11.4 Å². The van der Waals surface area contributed by atoms with E-state index in [-0.39, 0.29) is 12.3 Å². The van der Waals surface area contributed by atoms with Gasteiger partial charge in [-0.1, -0.05) is 36.4 Å². The summed E-state index contributed by atoms with van der Waals surface area (Å²) < 4.78 is 7.41. The number of hydrogen-bond acceptors (Lipinski definition) is 4. The Morgan fingerprint density at radius 1 is 1.20 bits per heavy atom. The maximum absolute atomic E-state index is 11.1. The number of benzene rings is 2. The van der Waals surface area contributed by atoms with Gasteiger partial charge in [-0.05, 0) is 19.1 Å². The van der Waals surface area contributed by atoms with Crippen molar-refractivity contribution in [1.29, 1.82) is 0 Å². The molecule has 1 aliphatic heterocycles. The molecule has 0 bridgehead atoms. The molecule has 0 N–H and O–H groups in total. The summed E-state index contributed by atoms with van der Waals surface area (Å²) in [5, 5.41) is 15.8. The van der Waals surface area contributed by atoms with Crippen molar-refractivity contribution in [3.8, 4) is 28.3 Å². The summed E-state index contributed by atoms with van der Waals surface area (Å²) >= 11 is 0. The van der Waals surface area contributed by atoms with Crippen LogP contribution < -0.4 is 4.74 Å². The van der Waals surface area contributed by atoms with Crippen LogP contribution in [0.3, 0.4) is 0 Å². The number of aromatic nitrogens is 2. The van der Waals surface area contributed by atoms with Gasteiger partial charge in [0.25, 0.3) is 5.69 Å². The lowest BCUT2D eigenvalue weighted by Gasteiger charge is -2.05. The summed E-state index contributed by atoms with van der Waals surface area (Å²) in [7, 11) is 0. The first-order valence-corrected chi connectivity index (χ1v) is 7.80. The predicted octanol–water partition coefficient (Wildman–Crippen LogP) is 4.30. The fourth-order valence-corrected chi connectivity index (χ4v) is 2.86. The first-order chi connectivity index (χ1) is 12.0. The van der Waals surface area contributed by atoms with E-state index >= 15 is 0 Å². The van der Waals surface area contributed by atoms with Crippen LogP contribution in [0.1, 0.15) is 5.56 Å². The summed E-state index contributed by atoms with van der Waals surface area (Å²) in [5.74, 6) is 0.584. The quantitative estimate of drug-likeness (QED) is 0.518. The van der Waals surface area contributed by atoms with Crippen molar-refractivity contribution < 1.29 is 9.66 Å². The molecule has 6 nitrogen and oxygen atoms in total. The van der Waals surface area contributed by atoms with Gasteiger partial charge in [0.05, 0.1) is 22.0 Å². The van der Waals surface area contributed by atoms with Gasteiger partial charge in [0.1, 0.15) is 12.4 Å². The number of nitro groups is 1. The average molecular weight is 333 g/mol. The van der Waals surface area contributed by atoms with Crippen LogP contribution in [0.5, 0.6) is 5.75 Å². The summed E-state index contributed by atoms with van der Waals surface area (Å²) in [6.07, 6.45) is 0. The third-order valence-corrected chi connectivity index (χ3v) is 4.20. The van der Waals surface area contributed by atoms with Crippen molar-refractivity contribution in [2.75, 3.05) is 6.61 Å². The molecule has 3 aromatic rings. The van der Waals surface area contributed by atoms with Crippen molar-refractivity contribution in [2.45, 2.75) is 6.92 Å². The summed E-state index contributed by atoms with van der Waals surface area (Å²) in [6.45, 7) is 6.32. The van der Waals surface area contributed by atoms with Crippen LogP contribution in [0.2, 0.25) is 0 Å². The molecule has 0 aliphatic carbocycles. The van der Waals surface area contributed by atoms with E-state index in [0.717, 1.165) is 17.0 Å². The predicted molar refractivity (Wildman–Crippen MR) is 95.3 cm³/mol. The third kappa shape index (κ3) is 2.57. The molecule has 0 saturated heterocycles. The highest BCUT2D eigenvalue weighted by Gasteiger charge is 2.23. The van der Waals surface area contributed by atoms with E-state index in [2.05, 4.69) is 11.7 Å². The monoisotopic (exact) mass is 333 g/mol. The van der Waals surface area contributed by atoms with Gasteiger partial charge in [-0.15, -0.1) is 0 Å². The molecule has 0 amide bonds. The van der Waals surface area contributed by atoms with Crippen LogP contribution in [0.4, 0.5) is 5.69 Å². The topological polar surface area (TPSA) is 70.2 Å². The van der Waals surface area contributed by atoms with E-state index in [4.69, 9.17) is 4.74 Å². The van der Waals surface area contributed by atoms with Crippen LogP contribution in [0.25, 0.3) is 28.2 Å². The average Bonchev–Trinajstić information content (AvgIpc) is 3.00. The molecule has 0 spiro atoms. The van der Waals surface area contributed by atoms with Gasteiger partial charge in [0, 0.05) is 23.3 Å². The molecule has 25 heavy (non-hydrogen) atoms. The largest absolute Gasteiger partial charge is 0.487 e. The molecule has 0 fully saturated rings. The molecule has 1 aromatic heterocycles. The number of hydrogen-bond donors (Lipinski definition) is 0. The van der Waals surface area contributed by atoms with Gasteiger partial charge >= 0.3 is 0 Å². The Morgan fingerprint density at radius 3 is 2.68 bits per heavy atom. The van der Waals surface area contributed by atoms with Crippen LogP contribution in [-0.2, 0) is 0 Å². The standard InChI is InChI=1S/C19H15N3O3/c1-12-3-5-14(6-4-12)17-10-18-16-9-15(22(23)24)7-8-19(16)25-11-13(2)21(18)20-17/h3-10H,2,11H2,1H3. The Balaban J connectivity index is 1.91. The Bertz CT molecular complexity index is 1000. The number of rotatable bonds is 2. The highest BCUT2D eigenvalue weighted by atomic mass is 16.6. The minimum Gasteiger partial charge on any atom is -0.487 e. The molecule has 6 heteroatoms. The molecule has 0 saturated carbocycles. The number of fused-ring (bicyclic) bond motifs is 3. The van der Waals surface area contributed by atoms with E-state index < -0.39 is 4.92 Å². The lowest BCUT2D eigenvalue weighted by atomic mass is 10.1. The molecule has 0 radical (unpaired) electrons. The van der Waals surface area contributed by atoms with Crippen LogP contribution in [0.15, 0.2) is 55.1 Å². The molecular formula is C19H15N3O3. The van der Waals surface area contributed by atoms with Gasteiger partial charge in [-0.3, -0.25) is 10.1 Å². The third-order valence-electron chi connectivity index (χ3n) is 4.20. The number of ether oxygens (including phenoxy) is 1. The highest BCUT2D eigenvalue weighted by molar-refractivity contribution is 5.78. The Morgan fingerprint density at radius 2 is 1.96 bits per heavy atom. The summed E-state index contributed by atoms with van der Waals surface area (Å²) in [6, 6.07) is 14.5. The molecule has 124 valence electrons. The fourth-order valence-electron chi connectivity index (χ4n) is 2.86. The smallest absolute Gasteiger partial charge is 0.270 e. The molecule has 1 aliphatic rings. The number of non-ortho nitro benzene ring substituents is 1. The normalized spacial score (nSPS) is 12.8. The number of nitrogens with zero attached hydrogens (tertiary/aromatic N) is 3. The van der Waals surface area contributed by atoms with E-state index in [1.807, 2.05) is 37.3 Å². The van der Waals surface area contributed by atoms with Gasteiger partial charge < -0.3 is 4.74 Å². The Labute approximate surface area is 144 Å². The SMILES string of the molecule is C=C1COc2ccc([N+](=O)[O-])cc2-c2cc(-c3ccc(C)cc3)nn21. The first-order valence-electron chi connectivity index (χ1n) is 7.80. The van der Waals surface area contributed by atoms with Gasteiger partial charge in [0.15, 0.2) is 0 Å². The van der Waals surface area contributed by atoms with Crippen LogP contribution in [0, 0.1) is 17.0 Å². The molecule has 2 heterocycles. The van der Waals surface area contributed by atoms with Crippen LogP contribution >= 0.6 is 0 Å². The molecule has 0 unspecified atom stereocenters. The van der Waals surface area contributed by atoms with Crippen molar-refractivity contribution in [3.05, 3.63) is 70.8 Å².